The maximum Gasteiger partial charge on any atom is 0.313 e. The van der Waals surface area contributed by atoms with Crippen LogP contribution in [-0.4, -0.2) is 81.3 Å². The van der Waals surface area contributed by atoms with Crippen LogP contribution >= 0.6 is 0 Å². The molecule has 7 atom stereocenters. The molecular formula is C31H48N2O6. The number of hydrogen-bond acceptors (Lipinski definition) is 6. The molecule has 8 nitrogen and oxygen atoms in total. The molecular weight excluding hydrogens is 496 g/mol. The van der Waals surface area contributed by atoms with Gasteiger partial charge < -0.3 is 24.4 Å². The number of carbonyl (C=O) groups excluding carboxylic acids is 3. The van der Waals surface area contributed by atoms with Crippen molar-refractivity contribution in [1.29, 1.82) is 0 Å². The fraction of sp³-hybridized carbons (Fsp3) is 0.774. The first-order valence-corrected chi connectivity index (χ1v) is 14.6. The molecule has 4 aliphatic rings. The van der Waals surface area contributed by atoms with Crippen LogP contribution in [-0.2, 0) is 23.9 Å². The molecule has 0 aromatic rings. The predicted octanol–water partition coefficient (Wildman–Crippen LogP) is 3.87. The number of amides is 2. The summed E-state index contributed by atoms with van der Waals surface area (Å²) in [6, 6.07) is -1.59. The second-order valence-electron chi connectivity index (χ2n) is 14.0. The Kier molecular flexibility index (Phi) is 7.89. The Labute approximate surface area is 233 Å². The number of rotatable bonds is 6. The van der Waals surface area contributed by atoms with E-state index in [4.69, 9.17) is 9.47 Å². The van der Waals surface area contributed by atoms with E-state index < -0.39 is 46.6 Å². The molecule has 2 fully saturated rings. The minimum Gasteiger partial charge on any atom is -0.465 e. The van der Waals surface area contributed by atoms with Gasteiger partial charge in [-0.2, -0.15) is 0 Å². The zero-order valence-electron chi connectivity index (χ0n) is 25.0. The molecule has 0 saturated carbocycles. The number of carbonyl (C=O) groups is 3. The van der Waals surface area contributed by atoms with Gasteiger partial charge in [-0.1, -0.05) is 65.3 Å². The lowest BCUT2D eigenvalue weighted by atomic mass is 9.74. The number of nitrogens with zero attached hydrogens (tertiary/aromatic N) is 2. The fourth-order valence-corrected chi connectivity index (χ4v) is 7.68. The van der Waals surface area contributed by atoms with Crippen LogP contribution in [0, 0.1) is 23.2 Å². The number of fused-ring (bicyclic) bond motifs is 2. The van der Waals surface area contributed by atoms with Gasteiger partial charge in [0.25, 0.3) is 0 Å². The van der Waals surface area contributed by atoms with Crippen LogP contribution in [0.25, 0.3) is 0 Å². The quantitative estimate of drug-likeness (QED) is 0.403. The standard InChI is InChI=1S/C31H48N2O6/c1-9-20(2)21(18-34)33-24-26(36)32(29(6,7)19-28(3,4)5)16-13-15-31(24)22(25(33)35)23-27(37)38-17-12-10-11-14-30(23,8)39-31/h11,13-15,20-24,34H,9-10,12,16-19H2,1-8H3/b14-11-/t20-,21-,22-,23+,24?,30-,31-/m0/s1. The summed E-state index contributed by atoms with van der Waals surface area (Å²) in [5, 5.41) is 10.6. The monoisotopic (exact) mass is 544 g/mol. The Morgan fingerprint density at radius 1 is 1.08 bits per heavy atom. The summed E-state index contributed by atoms with van der Waals surface area (Å²) < 4.78 is 12.5. The number of cyclic esters (lactones) is 1. The number of hydrogen-bond donors (Lipinski definition) is 1. The van der Waals surface area contributed by atoms with Crippen LogP contribution in [0.2, 0.25) is 0 Å². The molecule has 2 saturated heterocycles. The van der Waals surface area contributed by atoms with E-state index in [1.54, 1.807) is 4.90 Å². The van der Waals surface area contributed by atoms with Crippen LogP contribution in [0.5, 0.6) is 0 Å². The molecule has 4 heterocycles. The van der Waals surface area contributed by atoms with Crippen molar-refractivity contribution in [1.82, 2.24) is 9.80 Å². The summed E-state index contributed by atoms with van der Waals surface area (Å²) in [6.45, 7) is 16.7. The van der Waals surface area contributed by atoms with Gasteiger partial charge in [0, 0.05) is 12.1 Å². The minimum atomic E-state index is -1.36. The smallest absolute Gasteiger partial charge is 0.313 e. The maximum absolute atomic E-state index is 14.8. The Hall–Kier alpha value is -2.19. The van der Waals surface area contributed by atoms with Crippen molar-refractivity contribution in [3.63, 3.8) is 0 Å². The van der Waals surface area contributed by atoms with Gasteiger partial charge in [0.15, 0.2) is 0 Å². The second kappa shape index (κ2) is 10.3. The lowest BCUT2D eigenvalue weighted by Gasteiger charge is -2.46. The van der Waals surface area contributed by atoms with E-state index in [-0.39, 0.29) is 36.4 Å². The van der Waals surface area contributed by atoms with Crippen LogP contribution in [0.3, 0.4) is 0 Å². The minimum absolute atomic E-state index is 0.0363. The molecule has 1 unspecified atom stereocenters. The van der Waals surface area contributed by atoms with E-state index in [1.165, 1.54) is 0 Å². The van der Waals surface area contributed by atoms with Gasteiger partial charge in [-0.25, -0.2) is 0 Å². The molecule has 39 heavy (non-hydrogen) atoms. The van der Waals surface area contributed by atoms with E-state index in [1.807, 2.05) is 50.0 Å². The van der Waals surface area contributed by atoms with Crippen molar-refractivity contribution < 1.29 is 29.0 Å². The van der Waals surface area contributed by atoms with E-state index in [0.717, 1.165) is 19.3 Å². The summed E-state index contributed by atoms with van der Waals surface area (Å²) in [4.78, 5) is 46.3. The van der Waals surface area contributed by atoms with E-state index in [9.17, 15) is 19.5 Å². The predicted molar refractivity (Wildman–Crippen MR) is 149 cm³/mol. The molecule has 0 bridgehead atoms. The first-order chi connectivity index (χ1) is 18.1. The molecule has 0 aromatic carbocycles. The van der Waals surface area contributed by atoms with E-state index in [0.29, 0.717) is 13.0 Å². The highest BCUT2D eigenvalue weighted by Gasteiger charge is 2.75. The Morgan fingerprint density at radius 3 is 2.38 bits per heavy atom. The Morgan fingerprint density at radius 2 is 1.77 bits per heavy atom. The summed E-state index contributed by atoms with van der Waals surface area (Å²) in [7, 11) is 0. The largest absolute Gasteiger partial charge is 0.465 e. The molecule has 0 aliphatic carbocycles. The third-order valence-corrected chi connectivity index (χ3v) is 9.23. The molecule has 4 aliphatic heterocycles. The van der Waals surface area contributed by atoms with E-state index >= 15 is 0 Å². The van der Waals surface area contributed by atoms with Gasteiger partial charge in [0.05, 0.1) is 30.8 Å². The van der Waals surface area contributed by atoms with Gasteiger partial charge in [0.2, 0.25) is 11.8 Å². The maximum atomic E-state index is 14.8. The fourth-order valence-electron chi connectivity index (χ4n) is 7.68. The van der Waals surface area contributed by atoms with Crippen LogP contribution in [0.15, 0.2) is 24.3 Å². The zero-order chi connectivity index (χ0) is 29.0. The molecule has 2 amide bonds. The second-order valence-corrected chi connectivity index (χ2v) is 14.0. The summed E-state index contributed by atoms with van der Waals surface area (Å²) >= 11 is 0. The SMILES string of the molecule is CC[C@H](C)[C@H](CO)N1C(=O)[C@@H]2[C@@H]3C(=O)OCCC/C=C\[C@]3(C)O[C@@]23C=CCN(C(C)(C)CC(C)(C)C)C(=O)C13. The lowest BCUT2D eigenvalue weighted by molar-refractivity contribution is -0.163. The molecule has 1 spiro atoms. The topological polar surface area (TPSA) is 96.4 Å². The summed E-state index contributed by atoms with van der Waals surface area (Å²) in [5.41, 5.74) is -3.02. The van der Waals surface area contributed by atoms with Crippen molar-refractivity contribution >= 4 is 17.8 Å². The number of aliphatic hydroxyl groups excluding tert-OH is 1. The highest BCUT2D eigenvalue weighted by molar-refractivity contribution is 5.99. The number of likely N-dealkylation sites (tertiary alicyclic amines) is 1. The molecule has 218 valence electrons. The normalized spacial score (nSPS) is 35.7. The summed E-state index contributed by atoms with van der Waals surface area (Å²) in [6.07, 6.45) is 10.5. The average molecular weight is 545 g/mol. The molecule has 0 aromatic heterocycles. The first kappa shape index (κ1) is 29.8. The number of esters is 1. The van der Waals surface area contributed by atoms with Crippen LogP contribution < -0.4 is 0 Å². The van der Waals surface area contributed by atoms with Gasteiger partial charge in [0.1, 0.15) is 17.6 Å². The zero-order valence-corrected chi connectivity index (χ0v) is 25.0. The van der Waals surface area contributed by atoms with Crippen molar-refractivity contribution in [3.05, 3.63) is 24.3 Å². The van der Waals surface area contributed by atoms with Crippen molar-refractivity contribution in [2.24, 2.45) is 23.2 Å². The average Bonchev–Trinajstić information content (AvgIpc) is 3.17. The van der Waals surface area contributed by atoms with Crippen LogP contribution in [0.4, 0.5) is 0 Å². The Bertz CT molecular complexity index is 1040. The molecule has 4 rings (SSSR count). The van der Waals surface area contributed by atoms with Gasteiger partial charge in [-0.3, -0.25) is 14.4 Å². The Balaban J connectivity index is 1.91. The number of allylic oxidation sites excluding steroid dienone is 1. The summed E-state index contributed by atoms with van der Waals surface area (Å²) in [5.74, 6) is -2.92. The molecule has 1 N–H and O–H groups in total. The molecule has 0 radical (unpaired) electrons. The lowest BCUT2D eigenvalue weighted by Crippen LogP contribution is -2.62. The molecule has 8 heteroatoms. The third kappa shape index (κ3) is 4.96. The number of ether oxygens (including phenoxy) is 2. The van der Waals surface area contributed by atoms with Gasteiger partial charge in [-0.15, -0.1) is 0 Å². The van der Waals surface area contributed by atoms with Crippen molar-refractivity contribution in [3.8, 4) is 0 Å². The third-order valence-electron chi connectivity index (χ3n) is 9.23. The number of aliphatic hydroxyl groups is 1. The van der Waals surface area contributed by atoms with E-state index in [2.05, 4.69) is 34.6 Å². The van der Waals surface area contributed by atoms with Crippen molar-refractivity contribution in [2.45, 2.75) is 110 Å². The van der Waals surface area contributed by atoms with Gasteiger partial charge >= 0.3 is 5.97 Å². The van der Waals surface area contributed by atoms with Crippen molar-refractivity contribution in [2.75, 3.05) is 19.8 Å². The first-order valence-electron chi connectivity index (χ1n) is 14.6. The highest BCUT2D eigenvalue weighted by atomic mass is 16.6. The van der Waals surface area contributed by atoms with Crippen LogP contribution in [0.1, 0.15) is 81.1 Å². The highest BCUT2D eigenvalue weighted by Crippen LogP contribution is 2.58. The van der Waals surface area contributed by atoms with Gasteiger partial charge in [-0.05, 0) is 51.4 Å².